The van der Waals surface area contributed by atoms with Gasteiger partial charge in [-0.3, -0.25) is 0 Å². The molecule has 0 spiro atoms. The van der Waals surface area contributed by atoms with E-state index in [0.29, 0.717) is 17.8 Å². The van der Waals surface area contributed by atoms with Crippen LogP contribution in [0.5, 0.6) is 0 Å². The molecule has 9 heteroatoms. The van der Waals surface area contributed by atoms with Gasteiger partial charge in [-0.05, 0) is 42.2 Å². The molecule has 1 heterocycles. The van der Waals surface area contributed by atoms with Crippen LogP contribution in [0, 0.1) is 18.3 Å². The largest absolute Gasteiger partial charge is 0.475 e. The highest BCUT2D eigenvalue weighted by Crippen LogP contribution is 2.15. The Morgan fingerprint density at radius 3 is 2.56 bits per heavy atom. The zero-order valence-corrected chi connectivity index (χ0v) is 18.8. The van der Waals surface area contributed by atoms with Gasteiger partial charge in [-0.25, -0.2) is 14.8 Å². The van der Waals surface area contributed by atoms with E-state index in [-0.39, 0.29) is 13.0 Å². The monoisotopic (exact) mass is 456 g/mol. The molecule has 0 saturated carbocycles. The van der Waals surface area contributed by atoms with E-state index in [1.54, 1.807) is 24.5 Å². The van der Waals surface area contributed by atoms with Crippen LogP contribution >= 0.6 is 0 Å². The lowest BCUT2D eigenvalue weighted by Gasteiger charge is -2.18. The number of benzene rings is 2. The van der Waals surface area contributed by atoms with Crippen molar-refractivity contribution < 1.29 is 19.6 Å². The molecule has 0 radical (unpaired) electrons. The van der Waals surface area contributed by atoms with Crippen LogP contribution in [0.25, 0.3) is 11.6 Å². The molecule has 1 aromatic heterocycles. The van der Waals surface area contributed by atoms with Gasteiger partial charge < -0.3 is 20.1 Å². The van der Waals surface area contributed by atoms with Crippen LogP contribution in [-0.2, 0) is 17.6 Å². The third-order valence-electron chi connectivity index (χ3n) is 5.05. The molecule has 0 bridgehead atoms. The van der Waals surface area contributed by atoms with Crippen molar-refractivity contribution in [3.05, 3.63) is 95.1 Å². The summed E-state index contributed by atoms with van der Waals surface area (Å²) >= 11 is 0. The number of hydrogen-bond acceptors (Lipinski definition) is 7. The van der Waals surface area contributed by atoms with E-state index < -0.39 is 19.2 Å². The Hall–Kier alpha value is -4.00. The fourth-order valence-electron chi connectivity index (χ4n) is 3.25. The second-order valence-corrected chi connectivity index (χ2v) is 7.73. The van der Waals surface area contributed by atoms with Gasteiger partial charge >= 0.3 is 13.2 Å². The van der Waals surface area contributed by atoms with E-state index >= 15 is 0 Å². The first-order chi connectivity index (χ1) is 16.4. The van der Waals surface area contributed by atoms with Crippen LogP contribution in [0.3, 0.4) is 0 Å². The highest BCUT2D eigenvalue weighted by atomic mass is 16.5. The minimum Gasteiger partial charge on any atom is -0.449 e. The summed E-state index contributed by atoms with van der Waals surface area (Å²) in [7, 11) is -1.72. The third-order valence-corrected chi connectivity index (χ3v) is 5.05. The van der Waals surface area contributed by atoms with Crippen molar-refractivity contribution in [1.29, 1.82) is 5.26 Å². The number of nitrogens with one attached hydrogen (secondary N) is 1. The SMILES string of the molecule is Cc1ccc(C[C@H](NC(=O)OCCc2cccc(C=C(C#N)c3ncccn3)c2)B(O)O)cc1. The number of amides is 1. The molecule has 3 rings (SSSR count). The molecule has 3 N–H and O–H groups in total. The number of rotatable bonds is 9. The summed E-state index contributed by atoms with van der Waals surface area (Å²) in [5, 5.41) is 31.2. The zero-order valence-electron chi connectivity index (χ0n) is 18.8. The van der Waals surface area contributed by atoms with Crippen molar-refractivity contribution in [2.24, 2.45) is 0 Å². The maximum atomic E-state index is 12.2. The lowest BCUT2D eigenvalue weighted by Crippen LogP contribution is -2.48. The van der Waals surface area contributed by atoms with E-state index in [0.717, 1.165) is 22.3 Å². The second-order valence-electron chi connectivity index (χ2n) is 7.73. The number of ether oxygens (including phenoxy) is 1. The van der Waals surface area contributed by atoms with Gasteiger partial charge in [0.25, 0.3) is 0 Å². The first-order valence-corrected chi connectivity index (χ1v) is 10.8. The molecular weight excluding hydrogens is 431 g/mol. The number of aromatic nitrogens is 2. The number of carbonyl (C=O) groups excluding carboxylic acids is 1. The summed E-state index contributed by atoms with van der Waals surface area (Å²) in [4.78, 5) is 20.4. The van der Waals surface area contributed by atoms with Crippen LogP contribution in [0.1, 0.15) is 28.1 Å². The molecule has 0 aliphatic carbocycles. The van der Waals surface area contributed by atoms with Gasteiger partial charge in [-0.15, -0.1) is 0 Å². The molecule has 0 aliphatic rings. The number of hydrogen-bond donors (Lipinski definition) is 3. The van der Waals surface area contributed by atoms with E-state index in [4.69, 9.17) is 4.74 Å². The summed E-state index contributed by atoms with van der Waals surface area (Å²) in [5.41, 5.74) is 4.01. The topological polar surface area (TPSA) is 128 Å². The van der Waals surface area contributed by atoms with Crippen LogP contribution < -0.4 is 5.32 Å². The number of nitriles is 1. The van der Waals surface area contributed by atoms with E-state index in [1.807, 2.05) is 55.5 Å². The number of aryl methyl sites for hydroxylation is 1. The fraction of sp³-hybridized carbons (Fsp3) is 0.200. The van der Waals surface area contributed by atoms with Crippen molar-refractivity contribution in [1.82, 2.24) is 15.3 Å². The number of carbonyl (C=O) groups is 1. The van der Waals surface area contributed by atoms with Gasteiger partial charge in [0.15, 0.2) is 5.82 Å². The van der Waals surface area contributed by atoms with E-state index in [1.165, 1.54) is 0 Å². The lowest BCUT2D eigenvalue weighted by atomic mass is 9.76. The number of alkyl carbamates (subject to hydrolysis) is 1. The van der Waals surface area contributed by atoms with Gasteiger partial charge in [0.2, 0.25) is 0 Å². The van der Waals surface area contributed by atoms with Crippen LogP contribution in [-0.4, -0.2) is 45.8 Å². The highest BCUT2D eigenvalue weighted by molar-refractivity contribution is 6.43. The molecule has 3 aromatic rings. The summed E-state index contributed by atoms with van der Waals surface area (Å²) in [6.45, 7) is 2.06. The van der Waals surface area contributed by atoms with Crippen LogP contribution in [0.15, 0.2) is 67.0 Å². The molecular formula is C25H25BN4O4. The Morgan fingerprint density at radius 1 is 1.15 bits per heavy atom. The molecule has 1 amide bonds. The minimum absolute atomic E-state index is 0.102. The van der Waals surface area contributed by atoms with Crippen LogP contribution in [0.4, 0.5) is 4.79 Å². The molecule has 0 unspecified atom stereocenters. The van der Waals surface area contributed by atoms with Crippen molar-refractivity contribution in [2.75, 3.05) is 6.61 Å². The van der Waals surface area contributed by atoms with Gasteiger partial charge in [-0.1, -0.05) is 54.1 Å². The Bertz CT molecular complexity index is 1160. The summed E-state index contributed by atoms with van der Waals surface area (Å²) in [6.07, 6.45) is 4.83. The Kier molecular flexibility index (Phi) is 8.92. The fourth-order valence-corrected chi connectivity index (χ4v) is 3.25. The first kappa shape index (κ1) is 24.6. The normalized spacial score (nSPS) is 11.9. The number of allylic oxidation sites excluding steroid dienone is 1. The number of nitrogens with zero attached hydrogens (tertiary/aromatic N) is 3. The van der Waals surface area contributed by atoms with Gasteiger partial charge in [0.1, 0.15) is 6.07 Å². The van der Waals surface area contributed by atoms with Crippen molar-refractivity contribution in [3.8, 4) is 6.07 Å². The maximum absolute atomic E-state index is 12.2. The average Bonchev–Trinajstić information content (AvgIpc) is 2.84. The molecule has 8 nitrogen and oxygen atoms in total. The van der Waals surface area contributed by atoms with E-state index in [9.17, 15) is 20.1 Å². The molecule has 0 saturated heterocycles. The summed E-state index contributed by atoms with van der Waals surface area (Å²) in [6, 6.07) is 18.9. The Morgan fingerprint density at radius 2 is 1.88 bits per heavy atom. The Balaban J connectivity index is 1.54. The standard InChI is InChI=1S/C25H25BN4O4/c1-18-6-8-20(9-7-18)16-23(26(32)33)30-25(31)34-13-10-19-4-2-5-21(14-19)15-22(17-27)24-28-11-3-12-29-24/h2-9,11-12,14-15,23,32-33H,10,13,16H2,1H3,(H,30,31)/t23-/m0/s1. The highest BCUT2D eigenvalue weighted by Gasteiger charge is 2.26. The molecule has 34 heavy (non-hydrogen) atoms. The van der Waals surface area contributed by atoms with Crippen LogP contribution in [0.2, 0.25) is 0 Å². The molecule has 172 valence electrons. The molecule has 1 atom stereocenters. The smallest absolute Gasteiger partial charge is 0.449 e. The van der Waals surface area contributed by atoms with Crippen molar-refractivity contribution in [3.63, 3.8) is 0 Å². The van der Waals surface area contributed by atoms with Gasteiger partial charge in [0, 0.05) is 18.8 Å². The summed E-state index contributed by atoms with van der Waals surface area (Å²) < 4.78 is 5.23. The van der Waals surface area contributed by atoms with Crippen molar-refractivity contribution >= 4 is 24.9 Å². The predicted octanol–water partition coefficient (Wildman–Crippen LogP) is 2.74. The van der Waals surface area contributed by atoms with Crippen molar-refractivity contribution in [2.45, 2.75) is 25.7 Å². The average molecular weight is 456 g/mol. The second kappa shape index (κ2) is 12.3. The maximum Gasteiger partial charge on any atom is 0.475 e. The summed E-state index contributed by atoms with van der Waals surface area (Å²) in [5.74, 6) is -0.546. The van der Waals surface area contributed by atoms with Gasteiger partial charge in [0.05, 0.1) is 18.1 Å². The minimum atomic E-state index is -1.72. The quantitative estimate of drug-likeness (QED) is 0.334. The molecule has 0 aliphatic heterocycles. The predicted molar refractivity (Wildman–Crippen MR) is 129 cm³/mol. The Labute approximate surface area is 198 Å². The lowest BCUT2D eigenvalue weighted by molar-refractivity contribution is 0.144. The first-order valence-electron chi connectivity index (χ1n) is 10.8. The molecule has 0 fully saturated rings. The van der Waals surface area contributed by atoms with Gasteiger partial charge in [-0.2, -0.15) is 5.26 Å². The van der Waals surface area contributed by atoms with E-state index in [2.05, 4.69) is 21.4 Å². The zero-order chi connectivity index (χ0) is 24.3. The third kappa shape index (κ3) is 7.55. The molecule has 2 aromatic carbocycles.